The van der Waals surface area contributed by atoms with Gasteiger partial charge in [-0.1, -0.05) is 12.1 Å². The third-order valence-electron chi connectivity index (χ3n) is 2.02. The third-order valence-corrected chi connectivity index (χ3v) is 3.25. The normalized spacial score (nSPS) is 10.3. The lowest BCUT2D eigenvalue weighted by Crippen LogP contribution is -1.87. The van der Waals surface area contributed by atoms with Gasteiger partial charge in [-0.15, -0.1) is 11.3 Å². The summed E-state index contributed by atoms with van der Waals surface area (Å²) < 4.78 is 13.8. The van der Waals surface area contributed by atoms with Crippen LogP contribution in [0.5, 0.6) is 0 Å². The molecule has 1 aromatic carbocycles. The fourth-order valence-corrected chi connectivity index (χ4v) is 2.41. The Labute approximate surface area is 84.4 Å². The second-order valence-electron chi connectivity index (χ2n) is 2.89. The number of fused-ring (bicyclic) bond motifs is 1. The second-order valence-corrected chi connectivity index (χ2v) is 4.00. The SMILES string of the molecule is N#CCc1sc2c(F)cccc2c1N. The largest absolute Gasteiger partial charge is 0.397 e. The van der Waals surface area contributed by atoms with E-state index in [-0.39, 0.29) is 12.2 Å². The number of anilines is 1. The van der Waals surface area contributed by atoms with Gasteiger partial charge in [0.15, 0.2) is 0 Å². The van der Waals surface area contributed by atoms with E-state index in [0.29, 0.717) is 15.8 Å². The molecule has 0 spiro atoms. The highest BCUT2D eigenvalue weighted by Gasteiger charge is 2.11. The Morgan fingerprint density at radius 2 is 2.29 bits per heavy atom. The number of nitrogen functional groups attached to an aromatic ring is 1. The number of hydrogen-bond donors (Lipinski definition) is 1. The van der Waals surface area contributed by atoms with E-state index in [4.69, 9.17) is 11.0 Å². The molecule has 0 bridgehead atoms. The van der Waals surface area contributed by atoms with Gasteiger partial charge in [0.25, 0.3) is 0 Å². The van der Waals surface area contributed by atoms with Crippen LogP contribution < -0.4 is 5.73 Å². The number of rotatable bonds is 1. The van der Waals surface area contributed by atoms with Crippen LogP contribution in [-0.2, 0) is 6.42 Å². The highest BCUT2D eigenvalue weighted by atomic mass is 32.1. The zero-order valence-electron chi connectivity index (χ0n) is 7.25. The van der Waals surface area contributed by atoms with Crippen molar-refractivity contribution in [1.29, 1.82) is 5.26 Å². The van der Waals surface area contributed by atoms with Gasteiger partial charge in [0, 0.05) is 10.3 Å². The molecular weight excluding hydrogens is 199 g/mol. The summed E-state index contributed by atoms with van der Waals surface area (Å²) in [6.07, 6.45) is 0.241. The quantitative estimate of drug-likeness (QED) is 0.779. The lowest BCUT2D eigenvalue weighted by Gasteiger charge is -1.92. The first-order valence-electron chi connectivity index (χ1n) is 4.06. The topological polar surface area (TPSA) is 49.8 Å². The molecule has 0 fully saturated rings. The van der Waals surface area contributed by atoms with Crippen molar-refractivity contribution in [2.75, 3.05) is 5.73 Å². The number of nitriles is 1. The fourth-order valence-electron chi connectivity index (χ4n) is 1.36. The van der Waals surface area contributed by atoms with Gasteiger partial charge in [-0.05, 0) is 6.07 Å². The van der Waals surface area contributed by atoms with E-state index in [1.165, 1.54) is 17.4 Å². The molecule has 0 atom stereocenters. The molecule has 0 aliphatic heterocycles. The fraction of sp³-hybridized carbons (Fsp3) is 0.100. The smallest absolute Gasteiger partial charge is 0.141 e. The number of thiophene rings is 1. The molecule has 0 amide bonds. The third kappa shape index (κ3) is 1.22. The van der Waals surface area contributed by atoms with Crippen LogP contribution in [0.25, 0.3) is 10.1 Å². The first kappa shape index (κ1) is 8.97. The van der Waals surface area contributed by atoms with Crippen LogP contribution >= 0.6 is 11.3 Å². The molecule has 1 heterocycles. The number of benzene rings is 1. The molecule has 0 saturated carbocycles. The predicted octanol–water partition coefficient (Wildman–Crippen LogP) is 2.69. The maximum Gasteiger partial charge on any atom is 0.141 e. The van der Waals surface area contributed by atoms with Crippen molar-refractivity contribution < 1.29 is 4.39 Å². The summed E-state index contributed by atoms with van der Waals surface area (Å²) in [5.74, 6) is -0.275. The number of nitrogens with two attached hydrogens (primary N) is 1. The average Bonchev–Trinajstić information content (AvgIpc) is 2.48. The maximum atomic E-state index is 13.3. The van der Waals surface area contributed by atoms with E-state index in [0.717, 1.165) is 4.88 Å². The zero-order chi connectivity index (χ0) is 10.1. The lowest BCUT2D eigenvalue weighted by molar-refractivity contribution is 0.642. The van der Waals surface area contributed by atoms with Crippen molar-refractivity contribution in [2.24, 2.45) is 0 Å². The van der Waals surface area contributed by atoms with Crippen LogP contribution in [0.3, 0.4) is 0 Å². The summed E-state index contributed by atoms with van der Waals surface area (Å²) in [5, 5.41) is 9.25. The van der Waals surface area contributed by atoms with Crippen LogP contribution in [0, 0.1) is 17.1 Å². The molecule has 14 heavy (non-hydrogen) atoms. The highest BCUT2D eigenvalue weighted by molar-refractivity contribution is 7.19. The van der Waals surface area contributed by atoms with Crippen LogP contribution in [0.4, 0.5) is 10.1 Å². The Balaban J connectivity index is 2.74. The van der Waals surface area contributed by atoms with Crippen molar-refractivity contribution in [3.05, 3.63) is 28.9 Å². The summed E-state index contributed by atoms with van der Waals surface area (Å²) in [6, 6.07) is 6.80. The van der Waals surface area contributed by atoms with Crippen LogP contribution in [0.1, 0.15) is 4.88 Å². The monoisotopic (exact) mass is 206 g/mol. The molecular formula is C10H7FN2S. The van der Waals surface area contributed by atoms with Crippen molar-refractivity contribution in [3.63, 3.8) is 0 Å². The highest BCUT2D eigenvalue weighted by Crippen LogP contribution is 2.35. The molecule has 0 aliphatic carbocycles. The van der Waals surface area contributed by atoms with Gasteiger partial charge in [0.05, 0.1) is 22.9 Å². The molecule has 2 nitrogen and oxygen atoms in total. The van der Waals surface area contributed by atoms with E-state index in [1.807, 2.05) is 6.07 Å². The molecule has 2 N–H and O–H groups in total. The van der Waals surface area contributed by atoms with Gasteiger partial charge in [-0.2, -0.15) is 5.26 Å². The summed E-state index contributed by atoms with van der Waals surface area (Å²) in [4.78, 5) is 0.743. The standard InChI is InChI=1S/C10H7FN2S/c11-7-3-1-2-6-9(13)8(4-5-12)14-10(6)7/h1-3H,4,13H2. The molecule has 2 rings (SSSR count). The summed E-state index contributed by atoms with van der Waals surface area (Å²) in [6.45, 7) is 0. The van der Waals surface area contributed by atoms with E-state index >= 15 is 0 Å². The van der Waals surface area contributed by atoms with E-state index < -0.39 is 0 Å². The van der Waals surface area contributed by atoms with Crippen LogP contribution in [0.15, 0.2) is 18.2 Å². The minimum Gasteiger partial charge on any atom is -0.397 e. The number of nitrogens with zero attached hydrogens (tertiary/aromatic N) is 1. The van der Waals surface area contributed by atoms with Crippen LogP contribution in [-0.4, -0.2) is 0 Å². The van der Waals surface area contributed by atoms with Crippen molar-refractivity contribution in [1.82, 2.24) is 0 Å². The molecule has 4 heteroatoms. The van der Waals surface area contributed by atoms with E-state index in [1.54, 1.807) is 12.1 Å². The zero-order valence-corrected chi connectivity index (χ0v) is 8.07. The molecule has 70 valence electrons. The van der Waals surface area contributed by atoms with Crippen molar-refractivity contribution in [3.8, 4) is 6.07 Å². The lowest BCUT2D eigenvalue weighted by atomic mass is 10.2. The Morgan fingerprint density at radius 1 is 1.50 bits per heavy atom. The van der Waals surface area contributed by atoms with Gasteiger partial charge < -0.3 is 5.73 Å². The molecule has 0 saturated heterocycles. The number of hydrogen-bond acceptors (Lipinski definition) is 3. The van der Waals surface area contributed by atoms with Crippen molar-refractivity contribution >= 4 is 27.1 Å². The maximum absolute atomic E-state index is 13.3. The van der Waals surface area contributed by atoms with Gasteiger partial charge >= 0.3 is 0 Å². The predicted molar refractivity (Wildman–Crippen MR) is 55.5 cm³/mol. The number of halogens is 1. The molecule has 0 radical (unpaired) electrons. The van der Waals surface area contributed by atoms with E-state index in [9.17, 15) is 4.39 Å². The van der Waals surface area contributed by atoms with Gasteiger partial charge in [-0.25, -0.2) is 4.39 Å². The van der Waals surface area contributed by atoms with Gasteiger partial charge in [0.2, 0.25) is 0 Å². The Hall–Kier alpha value is -1.60. The molecule has 2 aromatic rings. The van der Waals surface area contributed by atoms with E-state index in [2.05, 4.69) is 0 Å². The Morgan fingerprint density at radius 3 is 2.93 bits per heavy atom. The molecule has 0 aliphatic rings. The second kappa shape index (κ2) is 3.28. The summed E-state index contributed by atoms with van der Waals surface area (Å²) in [7, 11) is 0. The van der Waals surface area contributed by atoms with Crippen molar-refractivity contribution in [2.45, 2.75) is 6.42 Å². The molecule has 1 aromatic heterocycles. The van der Waals surface area contributed by atoms with Gasteiger partial charge in [0.1, 0.15) is 5.82 Å². The summed E-state index contributed by atoms with van der Waals surface area (Å²) >= 11 is 1.25. The Kier molecular flexibility index (Phi) is 2.10. The minimum absolute atomic E-state index is 0.241. The van der Waals surface area contributed by atoms with Gasteiger partial charge in [-0.3, -0.25) is 0 Å². The average molecular weight is 206 g/mol. The Bertz CT molecular complexity index is 525. The first-order chi connectivity index (χ1) is 6.74. The van der Waals surface area contributed by atoms with Crippen LogP contribution in [0.2, 0.25) is 0 Å². The summed E-state index contributed by atoms with van der Waals surface area (Å²) in [5.41, 5.74) is 6.32. The molecule has 0 unspecified atom stereocenters. The minimum atomic E-state index is -0.275. The first-order valence-corrected chi connectivity index (χ1v) is 4.88.